The second kappa shape index (κ2) is 4.31. The van der Waals surface area contributed by atoms with Crippen molar-refractivity contribution in [1.29, 1.82) is 0 Å². The van der Waals surface area contributed by atoms with Crippen molar-refractivity contribution in [3.8, 4) is 5.88 Å². The van der Waals surface area contributed by atoms with Crippen LogP contribution in [0, 0.1) is 0 Å². The molecular weight excluding hydrogens is 196 g/mol. The van der Waals surface area contributed by atoms with Crippen LogP contribution in [-0.4, -0.2) is 29.2 Å². The first-order valence-corrected chi connectivity index (χ1v) is 4.98. The molecule has 82 valence electrons. The summed E-state index contributed by atoms with van der Waals surface area (Å²) in [5.41, 5.74) is 5.25. The molecular formula is C9H14N4O2. The number of nitrogens with zero attached hydrogens (tertiary/aromatic N) is 1. The number of hydrogen-bond donors (Lipinski definition) is 3. The first-order chi connectivity index (χ1) is 7.27. The normalized spacial score (nSPS) is 17.6. The SMILES string of the molecule is Nc1c(OC2CCNCC2)nc[nH]c1=O. The van der Waals surface area contributed by atoms with Gasteiger partial charge in [0.25, 0.3) is 5.56 Å². The predicted octanol–water partition coefficient (Wildman–Crippen LogP) is -0.517. The highest BCUT2D eigenvalue weighted by Gasteiger charge is 2.17. The molecule has 1 fully saturated rings. The Morgan fingerprint density at radius 2 is 2.20 bits per heavy atom. The van der Waals surface area contributed by atoms with E-state index in [2.05, 4.69) is 15.3 Å². The fraction of sp³-hybridized carbons (Fsp3) is 0.556. The zero-order valence-electron chi connectivity index (χ0n) is 8.32. The van der Waals surface area contributed by atoms with Gasteiger partial charge >= 0.3 is 0 Å². The van der Waals surface area contributed by atoms with Gasteiger partial charge in [-0.25, -0.2) is 4.98 Å². The lowest BCUT2D eigenvalue weighted by molar-refractivity contribution is 0.156. The summed E-state index contributed by atoms with van der Waals surface area (Å²) in [5.74, 6) is 0.241. The van der Waals surface area contributed by atoms with E-state index in [1.54, 1.807) is 0 Å². The van der Waals surface area contributed by atoms with Crippen molar-refractivity contribution < 1.29 is 4.74 Å². The summed E-state index contributed by atoms with van der Waals surface area (Å²) >= 11 is 0. The fourth-order valence-electron chi connectivity index (χ4n) is 1.56. The number of anilines is 1. The average Bonchev–Trinajstić information content (AvgIpc) is 2.26. The van der Waals surface area contributed by atoms with E-state index in [4.69, 9.17) is 10.5 Å². The van der Waals surface area contributed by atoms with Gasteiger partial charge < -0.3 is 20.8 Å². The summed E-state index contributed by atoms with van der Waals surface area (Å²) in [5, 5.41) is 3.23. The second-order valence-corrected chi connectivity index (χ2v) is 3.52. The number of aromatic amines is 1. The van der Waals surface area contributed by atoms with Gasteiger partial charge in [0.15, 0.2) is 5.69 Å². The number of nitrogens with one attached hydrogen (secondary N) is 2. The van der Waals surface area contributed by atoms with Crippen LogP contribution in [0.3, 0.4) is 0 Å². The zero-order valence-corrected chi connectivity index (χ0v) is 8.32. The average molecular weight is 210 g/mol. The highest BCUT2D eigenvalue weighted by Crippen LogP contribution is 2.16. The molecule has 0 atom stereocenters. The highest BCUT2D eigenvalue weighted by atomic mass is 16.5. The van der Waals surface area contributed by atoms with Crippen molar-refractivity contribution in [2.45, 2.75) is 18.9 Å². The Morgan fingerprint density at radius 3 is 2.93 bits per heavy atom. The lowest BCUT2D eigenvalue weighted by Crippen LogP contribution is -2.34. The first-order valence-electron chi connectivity index (χ1n) is 4.98. The molecule has 6 nitrogen and oxygen atoms in total. The van der Waals surface area contributed by atoms with Gasteiger partial charge in [0.2, 0.25) is 5.88 Å². The van der Waals surface area contributed by atoms with Gasteiger partial charge in [0.1, 0.15) is 6.10 Å². The molecule has 1 saturated heterocycles. The van der Waals surface area contributed by atoms with E-state index in [0.29, 0.717) is 0 Å². The minimum Gasteiger partial charge on any atom is -0.473 e. The molecule has 0 unspecified atom stereocenters. The maximum Gasteiger partial charge on any atom is 0.277 e. The number of nitrogen functional groups attached to an aromatic ring is 1. The standard InChI is InChI=1S/C9H14N4O2/c10-7-8(14)12-5-13-9(7)15-6-1-3-11-4-2-6/h5-6,11H,1-4,10H2,(H,12,13,14). The molecule has 0 bridgehead atoms. The van der Waals surface area contributed by atoms with Crippen LogP contribution in [0.5, 0.6) is 5.88 Å². The van der Waals surface area contributed by atoms with E-state index in [9.17, 15) is 4.79 Å². The summed E-state index contributed by atoms with van der Waals surface area (Å²) in [6.07, 6.45) is 3.22. The molecule has 6 heteroatoms. The van der Waals surface area contributed by atoms with Crippen molar-refractivity contribution in [2.24, 2.45) is 0 Å². The minimum atomic E-state index is -0.353. The third-order valence-electron chi connectivity index (χ3n) is 2.42. The number of rotatable bonds is 2. The number of aromatic nitrogens is 2. The smallest absolute Gasteiger partial charge is 0.277 e. The zero-order chi connectivity index (χ0) is 10.7. The molecule has 1 aliphatic heterocycles. The summed E-state index contributed by atoms with van der Waals surface area (Å²) in [6.45, 7) is 1.85. The molecule has 2 rings (SSSR count). The van der Waals surface area contributed by atoms with Gasteiger partial charge in [0, 0.05) is 0 Å². The van der Waals surface area contributed by atoms with E-state index >= 15 is 0 Å². The molecule has 1 aliphatic rings. The van der Waals surface area contributed by atoms with E-state index in [1.807, 2.05) is 0 Å². The molecule has 1 aromatic rings. The van der Waals surface area contributed by atoms with E-state index in [0.717, 1.165) is 25.9 Å². The van der Waals surface area contributed by atoms with E-state index in [1.165, 1.54) is 6.33 Å². The van der Waals surface area contributed by atoms with Crippen LogP contribution in [0.25, 0.3) is 0 Å². The molecule has 0 aromatic carbocycles. The molecule has 15 heavy (non-hydrogen) atoms. The van der Waals surface area contributed by atoms with Crippen molar-refractivity contribution in [1.82, 2.24) is 15.3 Å². The molecule has 0 amide bonds. The van der Waals surface area contributed by atoms with Crippen molar-refractivity contribution in [2.75, 3.05) is 18.8 Å². The van der Waals surface area contributed by atoms with Gasteiger partial charge in [-0.05, 0) is 25.9 Å². The van der Waals surface area contributed by atoms with Crippen molar-refractivity contribution in [3.63, 3.8) is 0 Å². The quantitative estimate of drug-likeness (QED) is 0.611. The third-order valence-corrected chi connectivity index (χ3v) is 2.42. The predicted molar refractivity (Wildman–Crippen MR) is 55.8 cm³/mol. The number of H-pyrrole nitrogens is 1. The number of piperidine rings is 1. The highest BCUT2D eigenvalue weighted by molar-refractivity contribution is 5.44. The lowest BCUT2D eigenvalue weighted by atomic mass is 10.1. The van der Waals surface area contributed by atoms with Crippen LogP contribution < -0.4 is 21.3 Å². The molecule has 0 saturated carbocycles. The van der Waals surface area contributed by atoms with Crippen LogP contribution in [-0.2, 0) is 0 Å². The van der Waals surface area contributed by atoms with Crippen LogP contribution >= 0.6 is 0 Å². The van der Waals surface area contributed by atoms with E-state index < -0.39 is 0 Å². The Morgan fingerprint density at radius 1 is 1.47 bits per heavy atom. The maximum atomic E-state index is 11.2. The molecule has 1 aromatic heterocycles. The molecule has 4 N–H and O–H groups in total. The Bertz CT molecular complexity index is 384. The topological polar surface area (TPSA) is 93.0 Å². The van der Waals surface area contributed by atoms with Gasteiger partial charge in [0.05, 0.1) is 6.33 Å². The second-order valence-electron chi connectivity index (χ2n) is 3.52. The van der Waals surface area contributed by atoms with Crippen LogP contribution in [0.4, 0.5) is 5.69 Å². The number of nitrogens with two attached hydrogens (primary N) is 1. The van der Waals surface area contributed by atoms with Crippen molar-refractivity contribution >= 4 is 5.69 Å². The van der Waals surface area contributed by atoms with Crippen LogP contribution in [0.1, 0.15) is 12.8 Å². The lowest BCUT2D eigenvalue weighted by Gasteiger charge is -2.23. The first kappa shape index (κ1) is 9.97. The minimum absolute atomic E-state index is 0.0519. The summed E-state index contributed by atoms with van der Waals surface area (Å²) in [6, 6.07) is 0. The maximum absolute atomic E-state index is 11.2. The Balaban J connectivity index is 2.09. The fourth-order valence-corrected chi connectivity index (χ4v) is 1.56. The Hall–Kier alpha value is -1.56. The van der Waals surface area contributed by atoms with Gasteiger partial charge in [-0.2, -0.15) is 0 Å². The van der Waals surface area contributed by atoms with Gasteiger partial charge in [-0.3, -0.25) is 4.79 Å². The number of hydrogen-bond acceptors (Lipinski definition) is 5. The molecule has 0 spiro atoms. The Kier molecular flexibility index (Phi) is 2.86. The van der Waals surface area contributed by atoms with Crippen LogP contribution in [0.15, 0.2) is 11.1 Å². The summed E-state index contributed by atoms with van der Waals surface area (Å²) < 4.78 is 5.57. The van der Waals surface area contributed by atoms with Crippen molar-refractivity contribution in [3.05, 3.63) is 16.7 Å². The summed E-state index contributed by atoms with van der Waals surface area (Å²) in [4.78, 5) is 17.5. The summed E-state index contributed by atoms with van der Waals surface area (Å²) in [7, 11) is 0. The molecule has 2 heterocycles. The van der Waals surface area contributed by atoms with Gasteiger partial charge in [-0.1, -0.05) is 0 Å². The molecule has 0 radical (unpaired) electrons. The largest absolute Gasteiger partial charge is 0.473 e. The monoisotopic (exact) mass is 210 g/mol. The third kappa shape index (κ3) is 2.27. The molecule has 0 aliphatic carbocycles. The van der Waals surface area contributed by atoms with E-state index in [-0.39, 0.29) is 23.2 Å². The number of ether oxygens (including phenoxy) is 1. The van der Waals surface area contributed by atoms with Gasteiger partial charge in [-0.15, -0.1) is 0 Å². The van der Waals surface area contributed by atoms with Crippen LogP contribution in [0.2, 0.25) is 0 Å². The Labute approximate surface area is 86.9 Å².